The molecule has 35 heavy (non-hydrogen) atoms. The number of nitrogens with one attached hydrogen (secondary N) is 1. The first kappa shape index (κ1) is 24.6. The van der Waals surface area contributed by atoms with Gasteiger partial charge in [0.25, 0.3) is 5.70 Å². The number of rotatable bonds is 6. The number of hydrogen-bond acceptors (Lipinski definition) is 7. The van der Waals surface area contributed by atoms with Gasteiger partial charge in [-0.25, -0.2) is 23.3 Å². The lowest BCUT2D eigenvalue weighted by Gasteiger charge is -2.11. The minimum atomic E-state index is -3.50. The Morgan fingerprint density at radius 1 is 1.17 bits per heavy atom. The molecule has 0 atom stereocenters. The van der Waals surface area contributed by atoms with Crippen molar-refractivity contribution in [2.24, 2.45) is 0 Å². The van der Waals surface area contributed by atoms with Crippen LogP contribution >= 0.6 is 0 Å². The van der Waals surface area contributed by atoms with E-state index in [1.165, 1.54) is 54.6 Å². The average molecular weight is 487 g/mol. The molecule has 174 valence electrons. The molecular weight excluding hydrogens is 470 g/mol. The van der Waals surface area contributed by atoms with Crippen molar-refractivity contribution in [2.45, 2.75) is 0 Å². The van der Waals surface area contributed by atoms with Crippen molar-refractivity contribution in [3.05, 3.63) is 94.3 Å². The Morgan fingerprint density at radius 2 is 1.83 bits per heavy atom. The molecule has 0 spiro atoms. The van der Waals surface area contributed by atoms with Crippen LogP contribution in [0.25, 0.3) is 10.4 Å². The molecule has 0 amide bonds. The summed E-state index contributed by atoms with van der Waals surface area (Å²) in [6, 6.07) is 14.1. The molecule has 0 aromatic heterocycles. The number of benzene rings is 2. The molecule has 0 saturated carbocycles. The summed E-state index contributed by atoms with van der Waals surface area (Å²) < 4.78 is 30.9. The Morgan fingerprint density at radius 3 is 2.37 bits per heavy atom. The maximum absolute atomic E-state index is 11.4. The lowest BCUT2D eigenvalue weighted by molar-refractivity contribution is 0.0697. The first-order valence-electron chi connectivity index (χ1n) is 9.79. The molecule has 3 rings (SSSR count). The average Bonchev–Trinajstić information content (AvgIpc) is 3.13. The summed E-state index contributed by atoms with van der Waals surface area (Å²) >= 11 is 0. The first-order chi connectivity index (χ1) is 16.6. The van der Waals surface area contributed by atoms with Gasteiger partial charge < -0.3 is 14.7 Å². The zero-order valence-electron chi connectivity index (χ0n) is 18.5. The monoisotopic (exact) mass is 487 g/mol. The van der Waals surface area contributed by atoms with E-state index in [0.29, 0.717) is 22.9 Å². The fraction of sp³-hybridized carbons (Fsp3) is 0.0833. The number of ether oxygens (including phenoxy) is 1. The van der Waals surface area contributed by atoms with E-state index in [4.69, 9.17) is 11.3 Å². The van der Waals surface area contributed by atoms with Crippen LogP contribution in [-0.2, 0) is 10.0 Å². The van der Waals surface area contributed by atoms with Crippen LogP contribution in [0.1, 0.15) is 15.9 Å². The van der Waals surface area contributed by atoms with Crippen LogP contribution in [0.2, 0.25) is 0 Å². The van der Waals surface area contributed by atoms with E-state index in [2.05, 4.69) is 9.57 Å². The number of sulfonamides is 1. The fourth-order valence-electron chi connectivity index (χ4n) is 3.25. The number of carbonyl (C=O) groups is 1. The van der Waals surface area contributed by atoms with Crippen LogP contribution in [0.5, 0.6) is 5.75 Å². The largest absolute Gasteiger partial charge is 0.478 e. The minimum absolute atomic E-state index is 0.00643. The highest BCUT2D eigenvalue weighted by Gasteiger charge is 2.24. The lowest BCUT2D eigenvalue weighted by Crippen LogP contribution is -2.13. The Hall–Kier alpha value is -5.05. The molecule has 0 unspecified atom stereocenters. The summed E-state index contributed by atoms with van der Waals surface area (Å²) in [5, 5.41) is 28.5. The van der Waals surface area contributed by atoms with Crippen molar-refractivity contribution in [3.63, 3.8) is 0 Å². The number of fused-ring (bicyclic) bond motifs is 1. The standard InChI is InChI=1S/C24H17N5O5S/c1-27-19(14-26)23(15-4-8-18(9-5-15)28-35(3,32)33)17(13-25)7-11-22-29(2)20-12-16(24(30)31)6-10-21(20)34-22/h4-12,28H,2-3H3,(H,30,31). The Kier molecular flexibility index (Phi) is 6.91. The maximum atomic E-state index is 11.4. The molecule has 11 heteroatoms. The van der Waals surface area contributed by atoms with Crippen molar-refractivity contribution in [2.75, 3.05) is 22.9 Å². The quantitative estimate of drug-likeness (QED) is 0.356. The molecule has 1 heterocycles. The van der Waals surface area contributed by atoms with Crippen LogP contribution in [0, 0.1) is 29.2 Å². The molecule has 1 aliphatic heterocycles. The molecule has 0 saturated heterocycles. The zero-order valence-corrected chi connectivity index (χ0v) is 19.3. The molecule has 2 aromatic carbocycles. The molecule has 0 aliphatic carbocycles. The number of allylic oxidation sites excluding steroid dienone is 5. The van der Waals surface area contributed by atoms with E-state index in [0.717, 1.165) is 6.26 Å². The third-order valence-electron chi connectivity index (χ3n) is 4.83. The Balaban J connectivity index is 2.02. The number of anilines is 2. The maximum Gasteiger partial charge on any atom is 0.335 e. The summed E-state index contributed by atoms with van der Waals surface area (Å²) in [5.41, 5.74) is 0.983. The van der Waals surface area contributed by atoms with E-state index >= 15 is 0 Å². The third kappa shape index (κ3) is 5.48. The van der Waals surface area contributed by atoms with Crippen molar-refractivity contribution in [3.8, 4) is 17.9 Å². The van der Waals surface area contributed by atoms with Crippen molar-refractivity contribution < 1.29 is 23.1 Å². The number of carboxylic acid groups (broad SMARTS) is 1. The van der Waals surface area contributed by atoms with Gasteiger partial charge in [-0.3, -0.25) is 4.72 Å². The van der Waals surface area contributed by atoms with E-state index < -0.39 is 16.0 Å². The predicted octanol–water partition coefficient (Wildman–Crippen LogP) is 3.73. The highest BCUT2D eigenvalue weighted by molar-refractivity contribution is 7.92. The van der Waals surface area contributed by atoms with Gasteiger partial charge in [-0.1, -0.05) is 12.1 Å². The summed E-state index contributed by atoms with van der Waals surface area (Å²) in [6.07, 6.45) is 3.86. The van der Waals surface area contributed by atoms with Crippen molar-refractivity contribution >= 4 is 32.9 Å². The van der Waals surface area contributed by atoms with E-state index in [9.17, 15) is 28.8 Å². The molecule has 0 bridgehead atoms. The summed E-state index contributed by atoms with van der Waals surface area (Å²) in [4.78, 5) is 16.1. The van der Waals surface area contributed by atoms with Crippen LogP contribution in [0.3, 0.4) is 0 Å². The van der Waals surface area contributed by atoms with Gasteiger partial charge in [0.1, 0.15) is 0 Å². The van der Waals surface area contributed by atoms with Gasteiger partial charge in [0.15, 0.2) is 11.6 Å². The van der Waals surface area contributed by atoms with Gasteiger partial charge in [0, 0.05) is 24.4 Å². The number of nitrogens with zero attached hydrogens (tertiary/aromatic N) is 4. The normalized spacial score (nSPS) is 14.7. The zero-order chi connectivity index (χ0) is 25.8. The van der Waals surface area contributed by atoms with Gasteiger partial charge in [-0.2, -0.15) is 5.26 Å². The molecule has 0 fully saturated rings. The number of nitriles is 2. The SMILES string of the molecule is [C-]#[N+]C(C#N)=C(C(C#N)=CC=C1Oc2ccc(C(=O)O)cc2N1C)c1ccc(NS(C)(=O)=O)cc1. The smallest absolute Gasteiger partial charge is 0.335 e. The van der Waals surface area contributed by atoms with E-state index in [1.807, 2.05) is 6.07 Å². The van der Waals surface area contributed by atoms with Crippen molar-refractivity contribution in [1.82, 2.24) is 0 Å². The number of aromatic carboxylic acids is 1. The lowest BCUT2D eigenvalue weighted by atomic mass is 9.96. The van der Waals surface area contributed by atoms with Gasteiger partial charge in [-0.15, -0.1) is 0 Å². The molecule has 10 nitrogen and oxygen atoms in total. The molecule has 1 aliphatic rings. The summed E-state index contributed by atoms with van der Waals surface area (Å²) in [6.45, 7) is 7.36. The van der Waals surface area contributed by atoms with Crippen LogP contribution in [0.15, 0.2) is 71.8 Å². The molecular formula is C24H17N5O5S. The fourth-order valence-corrected chi connectivity index (χ4v) is 3.82. The summed E-state index contributed by atoms with van der Waals surface area (Å²) in [5.74, 6) is -0.357. The van der Waals surface area contributed by atoms with E-state index in [-0.39, 0.29) is 28.1 Å². The Labute approximate surface area is 201 Å². The second kappa shape index (κ2) is 9.84. The molecule has 0 radical (unpaired) electrons. The second-order valence-corrected chi connectivity index (χ2v) is 8.99. The highest BCUT2D eigenvalue weighted by Crippen LogP contribution is 2.39. The van der Waals surface area contributed by atoms with Crippen LogP contribution < -0.4 is 14.4 Å². The van der Waals surface area contributed by atoms with Gasteiger partial charge >= 0.3 is 5.97 Å². The topological polar surface area (TPSA) is 148 Å². The van der Waals surface area contributed by atoms with Gasteiger partial charge in [-0.05, 0) is 42.0 Å². The second-order valence-electron chi connectivity index (χ2n) is 7.24. The number of hydrogen-bond donors (Lipinski definition) is 2. The van der Waals surface area contributed by atoms with Crippen molar-refractivity contribution in [1.29, 1.82) is 10.5 Å². The number of carboxylic acids is 1. The Bertz CT molecular complexity index is 1520. The van der Waals surface area contributed by atoms with Crippen LogP contribution in [0.4, 0.5) is 11.4 Å². The van der Waals surface area contributed by atoms with Gasteiger partial charge in [0.2, 0.25) is 10.0 Å². The molecule has 2 aromatic rings. The first-order valence-corrected chi connectivity index (χ1v) is 11.7. The van der Waals surface area contributed by atoms with Gasteiger partial charge in [0.05, 0.1) is 41.8 Å². The minimum Gasteiger partial charge on any atom is -0.478 e. The van der Waals surface area contributed by atoms with Crippen LogP contribution in [-0.4, -0.2) is 32.8 Å². The summed E-state index contributed by atoms with van der Waals surface area (Å²) in [7, 11) is -1.84. The predicted molar refractivity (Wildman–Crippen MR) is 128 cm³/mol. The molecule has 2 N–H and O–H groups in total. The highest BCUT2D eigenvalue weighted by atomic mass is 32.2. The third-order valence-corrected chi connectivity index (χ3v) is 5.43. The van der Waals surface area contributed by atoms with E-state index in [1.54, 1.807) is 18.0 Å².